The van der Waals surface area contributed by atoms with E-state index in [1.807, 2.05) is 0 Å². The number of nitrogens with zero attached hydrogens (tertiary/aromatic N) is 1. The molecule has 38 heavy (non-hydrogen) atoms. The fraction of sp³-hybridized carbons (Fsp3) is 0.581. The number of nitrogens with one attached hydrogen (secondary N) is 1. The SMILES string of the molecule is CC(/C=C/[C@@H]1C[C@]2(CO2)CC(C)(C)O1)=C\CC1CCC(NC(=O)/C=C\[C@H](C)OC(=O)c2cccnc2)CC1. The summed E-state index contributed by atoms with van der Waals surface area (Å²) >= 11 is 0. The van der Waals surface area contributed by atoms with E-state index in [1.54, 1.807) is 31.3 Å². The van der Waals surface area contributed by atoms with Crippen LogP contribution in [0.2, 0.25) is 0 Å². The normalized spacial score (nSPS) is 29.9. The van der Waals surface area contributed by atoms with Crippen LogP contribution in [0.4, 0.5) is 0 Å². The lowest BCUT2D eigenvalue weighted by Gasteiger charge is -2.38. The molecule has 0 bridgehead atoms. The van der Waals surface area contributed by atoms with Crippen LogP contribution in [-0.2, 0) is 19.0 Å². The van der Waals surface area contributed by atoms with Crippen LogP contribution in [0.1, 0.15) is 83.0 Å². The van der Waals surface area contributed by atoms with Crippen molar-refractivity contribution in [2.75, 3.05) is 6.61 Å². The molecular weight excluding hydrogens is 480 g/mol. The van der Waals surface area contributed by atoms with Crippen molar-refractivity contribution in [1.29, 1.82) is 0 Å². The quantitative estimate of drug-likeness (QED) is 0.200. The predicted octanol–water partition coefficient (Wildman–Crippen LogP) is 5.48. The number of rotatable bonds is 9. The second-order valence-electron chi connectivity index (χ2n) is 11.7. The first kappa shape index (κ1) is 28.2. The Morgan fingerprint density at radius 3 is 2.68 bits per heavy atom. The van der Waals surface area contributed by atoms with Gasteiger partial charge in [0.15, 0.2) is 0 Å². The van der Waals surface area contributed by atoms with E-state index in [0.717, 1.165) is 51.6 Å². The standard InChI is InChI=1S/C31H42N2O5/c1-22(8-15-27-18-31(21-36-31)20-30(3,4)38-27)7-10-24-11-13-26(14-12-24)33-28(34)16-9-23(2)37-29(35)25-6-5-17-32-19-25/h5-9,15-17,19,23-24,26-27H,10-14,18,20-21H2,1-4H3,(H,33,34)/b15-8+,16-9-,22-7+/t23-,24?,26?,27+,31+/m0/s1. The van der Waals surface area contributed by atoms with E-state index >= 15 is 0 Å². The third kappa shape index (κ3) is 8.63. The lowest BCUT2D eigenvalue weighted by molar-refractivity contribution is -0.117. The molecule has 1 spiro atoms. The summed E-state index contributed by atoms with van der Waals surface area (Å²) < 4.78 is 17.3. The smallest absolute Gasteiger partial charge is 0.340 e. The summed E-state index contributed by atoms with van der Waals surface area (Å²) in [5.41, 5.74) is 1.56. The largest absolute Gasteiger partial charge is 0.455 e. The molecule has 3 aliphatic rings. The van der Waals surface area contributed by atoms with Gasteiger partial charge in [-0.1, -0.05) is 23.8 Å². The first-order chi connectivity index (χ1) is 18.1. The Morgan fingerprint density at radius 2 is 2.00 bits per heavy atom. The van der Waals surface area contributed by atoms with Gasteiger partial charge in [0.1, 0.15) is 6.10 Å². The van der Waals surface area contributed by atoms with Crippen LogP contribution in [0.5, 0.6) is 0 Å². The molecule has 0 radical (unpaired) electrons. The van der Waals surface area contributed by atoms with Crippen molar-refractivity contribution in [2.45, 2.75) is 102 Å². The van der Waals surface area contributed by atoms with E-state index in [9.17, 15) is 9.59 Å². The average molecular weight is 523 g/mol. The van der Waals surface area contributed by atoms with Gasteiger partial charge in [0.25, 0.3) is 0 Å². The molecule has 1 aromatic rings. The van der Waals surface area contributed by atoms with Crippen LogP contribution >= 0.6 is 0 Å². The summed E-state index contributed by atoms with van der Waals surface area (Å²) in [5, 5.41) is 3.09. The Hall–Kier alpha value is -2.77. The van der Waals surface area contributed by atoms with E-state index in [0.29, 0.717) is 11.5 Å². The van der Waals surface area contributed by atoms with Crippen LogP contribution < -0.4 is 5.32 Å². The van der Waals surface area contributed by atoms with Gasteiger partial charge < -0.3 is 19.5 Å². The molecule has 7 nitrogen and oxygen atoms in total. The number of esters is 1. The topological polar surface area (TPSA) is 90.0 Å². The molecule has 0 aromatic carbocycles. The summed E-state index contributed by atoms with van der Waals surface area (Å²) in [6.07, 6.45) is 19.6. The minimum absolute atomic E-state index is 0.0452. The van der Waals surface area contributed by atoms with Gasteiger partial charge in [-0.15, -0.1) is 0 Å². The molecule has 0 unspecified atom stereocenters. The number of amides is 1. The summed E-state index contributed by atoms with van der Waals surface area (Å²) in [5.74, 6) is 0.0355. The minimum Gasteiger partial charge on any atom is -0.455 e. The van der Waals surface area contributed by atoms with Crippen LogP contribution in [0.3, 0.4) is 0 Å². The van der Waals surface area contributed by atoms with Gasteiger partial charge in [-0.05, 0) is 83.9 Å². The van der Waals surface area contributed by atoms with E-state index in [1.165, 1.54) is 17.8 Å². The van der Waals surface area contributed by atoms with Gasteiger partial charge in [0, 0.05) is 37.4 Å². The van der Waals surface area contributed by atoms with Crippen molar-refractivity contribution in [3.63, 3.8) is 0 Å². The number of allylic oxidation sites excluding steroid dienone is 3. The van der Waals surface area contributed by atoms with Gasteiger partial charge in [0.2, 0.25) is 5.91 Å². The van der Waals surface area contributed by atoms with Crippen LogP contribution in [0.25, 0.3) is 0 Å². The van der Waals surface area contributed by atoms with E-state index < -0.39 is 12.1 Å². The van der Waals surface area contributed by atoms with Gasteiger partial charge in [-0.2, -0.15) is 0 Å². The van der Waals surface area contributed by atoms with Crippen molar-refractivity contribution in [3.8, 4) is 0 Å². The zero-order valence-electron chi connectivity index (χ0n) is 23.2. The second kappa shape index (κ2) is 12.4. The molecule has 1 saturated carbocycles. The molecule has 3 fully saturated rings. The highest BCUT2D eigenvalue weighted by molar-refractivity contribution is 5.89. The molecule has 1 N–H and O–H groups in total. The Labute approximate surface area is 226 Å². The van der Waals surface area contributed by atoms with Crippen LogP contribution in [0, 0.1) is 5.92 Å². The maximum Gasteiger partial charge on any atom is 0.340 e. The summed E-state index contributed by atoms with van der Waals surface area (Å²) in [4.78, 5) is 28.4. The first-order valence-electron chi connectivity index (χ1n) is 13.9. The van der Waals surface area contributed by atoms with Crippen molar-refractivity contribution in [2.24, 2.45) is 5.92 Å². The van der Waals surface area contributed by atoms with Crippen molar-refractivity contribution in [3.05, 3.63) is 66.0 Å². The zero-order chi connectivity index (χ0) is 27.2. The first-order valence-corrected chi connectivity index (χ1v) is 13.9. The predicted molar refractivity (Wildman–Crippen MR) is 147 cm³/mol. The summed E-state index contributed by atoms with van der Waals surface area (Å²) in [6, 6.07) is 3.51. The minimum atomic E-state index is -0.507. The Kier molecular flexibility index (Phi) is 9.21. The van der Waals surface area contributed by atoms with E-state index in [-0.39, 0.29) is 29.3 Å². The number of hydrogen-bond donors (Lipinski definition) is 1. The van der Waals surface area contributed by atoms with Crippen molar-refractivity contribution < 1.29 is 23.8 Å². The zero-order valence-corrected chi connectivity index (χ0v) is 23.2. The molecule has 3 atom stereocenters. The fourth-order valence-corrected chi connectivity index (χ4v) is 5.59. The van der Waals surface area contributed by atoms with Gasteiger partial charge in [-0.25, -0.2) is 4.79 Å². The highest BCUT2D eigenvalue weighted by Gasteiger charge is 2.53. The number of epoxide rings is 1. The van der Waals surface area contributed by atoms with E-state index in [2.05, 4.69) is 49.3 Å². The molecular formula is C31H42N2O5. The molecule has 4 rings (SSSR count). The lowest BCUT2D eigenvalue weighted by Crippen LogP contribution is -2.43. The molecule has 1 aliphatic carbocycles. The molecule has 206 valence electrons. The number of pyridine rings is 1. The number of hydrogen-bond acceptors (Lipinski definition) is 6. The van der Waals surface area contributed by atoms with Gasteiger partial charge in [-0.3, -0.25) is 9.78 Å². The fourth-order valence-electron chi connectivity index (χ4n) is 5.59. The molecule has 3 heterocycles. The maximum absolute atomic E-state index is 12.4. The van der Waals surface area contributed by atoms with Crippen LogP contribution in [-0.4, -0.2) is 52.9 Å². The number of carbonyl (C=O) groups excluding carboxylic acids is 2. The van der Waals surface area contributed by atoms with Crippen molar-refractivity contribution >= 4 is 11.9 Å². The average Bonchev–Trinajstić information content (AvgIpc) is 3.62. The Balaban J connectivity index is 1.14. The summed E-state index contributed by atoms with van der Waals surface area (Å²) in [6.45, 7) is 9.04. The van der Waals surface area contributed by atoms with E-state index in [4.69, 9.17) is 14.2 Å². The molecule has 2 saturated heterocycles. The van der Waals surface area contributed by atoms with Gasteiger partial charge in [0.05, 0.1) is 29.5 Å². The van der Waals surface area contributed by atoms with Gasteiger partial charge >= 0.3 is 5.97 Å². The lowest BCUT2D eigenvalue weighted by atomic mass is 9.83. The molecule has 2 aliphatic heterocycles. The number of aromatic nitrogens is 1. The monoisotopic (exact) mass is 522 g/mol. The van der Waals surface area contributed by atoms with Crippen LogP contribution in [0.15, 0.2) is 60.5 Å². The highest BCUT2D eigenvalue weighted by Crippen LogP contribution is 2.46. The van der Waals surface area contributed by atoms with Crippen molar-refractivity contribution in [1.82, 2.24) is 10.3 Å². The maximum atomic E-state index is 12.4. The second-order valence-corrected chi connectivity index (χ2v) is 11.7. The highest BCUT2D eigenvalue weighted by atomic mass is 16.6. The Bertz CT molecular complexity index is 1040. The summed E-state index contributed by atoms with van der Waals surface area (Å²) in [7, 11) is 0. The number of carbonyl (C=O) groups is 2. The molecule has 1 amide bonds. The third-order valence-electron chi connectivity index (χ3n) is 7.59. The molecule has 1 aromatic heterocycles. The Morgan fingerprint density at radius 1 is 1.24 bits per heavy atom. The molecule has 7 heteroatoms. The third-order valence-corrected chi connectivity index (χ3v) is 7.59. The number of ether oxygens (including phenoxy) is 3.